The van der Waals surface area contributed by atoms with E-state index in [2.05, 4.69) is 15.9 Å². The van der Waals surface area contributed by atoms with Gasteiger partial charge in [-0.1, -0.05) is 126 Å². The minimum absolute atomic E-state index is 0.247. The number of aliphatic carboxylic acids is 5. The average Bonchev–Trinajstić information content (AvgIpc) is 3.27. The first-order chi connectivity index (χ1) is 32.0. The van der Waals surface area contributed by atoms with E-state index in [4.69, 9.17) is 86.1 Å². The molecule has 5 N–H and O–H groups in total. The molecule has 4 aromatic carbocycles. The molecule has 0 aliphatic heterocycles. The van der Waals surface area contributed by atoms with E-state index in [0.29, 0.717) is 48.9 Å². The summed E-state index contributed by atoms with van der Waals surface area (Å²) in [7, 11) is 0. The van der Waals surface area contributed by atoms with Crippen molar-refractivity contribution in [1.29, 1.82) is 0 Å². The van der Waals surface area contributed by atoms with Gasteiger partial charge >= 0.3 is 29.8 Å². The van der Waals surface area contributed by atoms with Gasteiger partial charge in [-0.2, -0.15) is 0 Å². The highest BCUT2D eigenvalue weighted by atomic mass is 79.9. The number of benzene rings is 4. The number of halogens is 6. The van der Waals surface area contributed by atoms with Crippen LogP contribution in [0.5, 0.6) is 17.2 Å². The molecule has 0 saturated carbocycles. The van der Waals surface area contributed by atoms with Crippen LogP contribution in [0.2, 0.25) is 20.1 Å². The average molecular weight is 1100 g/mol. The van der Waals surface area contributed by atoms with Crippen LogP contribution in [0.3, 0.4) is 0 Å². The quantitative estimate of drug-likeness (QED) is 0.0366. The second-order valence-electron chi connectivity index (χ2n) is 14.9. The lowest BCUT2D eigenvalue weighted by Gasteiger charge is -2.14. The van der Waals surface area contributed by atoms with Crippen molar-refractivity contribution in [3.63, 3.8) is 0 Å². The summed E-state index contributed by atoms with van der Waals surface area (Å²) in [5, 5.41) is 43.7. The zero-order chi connectivity index (χ0) is 51.7. The lowest BCUT2D eigenvalue weighted by Crippen LogP contribution is -2.22. The third kappa shape index (κ3) is 31.8. The zero-order valence-electron chi connectivity index (χ0n) is 38.1. The molecule has 0 aromatic heterocycles. The second kappa shape index (κ2) is 36.0. The Morgan fingerprint density at radius 2 is 1.22 bits per heavy atom. The molecule has 0 radical (unpaired) electrons. The normalized spacial score (nSPS) is 10.8. The van der Waals surface area contributed by atoms with Gasteiger partial charge in [0.1, 0.15) is 23.1 Å². The molecule has 0 amide bonds. The van der Waals surface area contributed by atoms with Crippen LogP contribution in [-0.4, -0.2) is 74.7 Å². The minimum Gasteiger partial charge on any atom is -0.494 e. The van der Waals surface area contributed by atoms with Crippen LogP contribution in [0.15, 0.2) is 95.5 Å². The summed E-state index contributed by atoms with van der Waals surface area (Å²) >= 11 is 25.9. The fourth-order valence-corrected chi connectivity index (χ4v) is 5.94. The highest BCUT2D eigenvalue weighted by Gasteiger charge is 2.23. The van der Waals surface area contributed by atoms with Gasteiger partial charge in [-0.05, 0) is 113 Å². The lowest BCUT2D eigenvalue weighted by atomic mass is 9.91. The van der Waals surface area contributed by atoms with Crippen molar-refractivity contribution < 1.29 is 68.1 Å². The largest absolute Gasteiger partial charge is 0.494 e. The molecule has 374 valence electrons. The number of hydrogen-bond donors (Lipinski definition) is 5. The minimum atomic E-state index is -1.10. The SMILES string of the molecule is CC(Oc1ccc(Cl)cc1Cl)C(=O)O.CCC(C)(C)C(=O)O.O=C(O)C=Cc1cc(Br)ccc1F.O=C(O)CCCCCCCCCCOc1ccccc1.O=C(O)COc1ccc(Cl)cc1Cl. The van der Waals surface area contributed by atoms with Crippen molar-refractivity contribution >= 4 is 98.3 Å². The van der Waals surface area contributed by atoms with E-state index in [0.717, 1.165) is 44.1 Å². The molecule has 0 heterocycles. The number of carboxylic acids is 5. The summed E-state index contributed by atoms with van der Waals surface area (Å²) in [5.41, 5.74) is -0.295. The van der Waals surface area contributed by atoms with E-state index >= 15 is 0 Å². The van der Waals surface area contributed by atoms with E-state index in [-0.39, 0.29) is 5.56 Å². The first-order valence-corrected chi connectivity index (χ1v) is 23.4. The topological polar surface area (TPSA) is 214 Å². The number of hydrogen-bond acceptors (Lipinski definition) is 8. The van der Waals surface area contributed by atoms with E-state index in [1.165, 1.54) is 75.1 Å². The van der Waals surface area contributed by atoms with Gasteiger partial charge in [-0.15, -0.1) is 0 Å². The number of carboxylic acid groups (broad SMARTS) is 5. The molecular formula is C49H58BrCl4FO13. The number of ether oxygens (including phenoxy) is 3. The summed E-state index contributed by atoms with van der Waals surface area (Å²) in [5.74, 6) is -3.46. The fourth-order valence-electron chi connectivity index (χ4n) is 4.64. The third-order valence-electron chi connectivity index (χ3n) is 8.91. The van der Waals surface area contributed by atoms with Crippen LogP contribution < -0.4 is 14.2 Å². The van der Waals surface area contributed by atoms with Gasteiger partial charge in [-0.3, -0.25) is 9.59 Å². The Balaban J connectivity index is 0.000000848. The summed E-state index contributed by atoms with van der Waals surface area (Å²) in [6.07, 6.45) is 11.2. The highest BCUT2D eigenvalue weighted by molar-refractivity contribution is 9.10. The zero-order valence-corrected chi connectivity index (χ0v) is 42.7. The molecule has 13 nitrogen and oxygen atoms in total. The molecule has 4 rings (SSSR count). The van der Waals surface area contributed by atoms with Gasteiger partial charge in [-0.25, -0.2) is 18.8 Å². The van der Waals surface area contributed by atoms with Crippen LogP contribution in [0.1, 0.15) is 97.5 Å². The molecule has 0 fully saturated rings. The van der Waals surface area contributed by atoms with E-state index in [9.17, 15) is 28.4 Å². The van der Waals surface area contributed by atoms with Gasteiger partial charge < -0.3 is 39.7 Å². The highest BCUT2D eigenvalue weighted by Crippen LogP contribution is 2.29. The summed E-state index contributed by atoms with van der Waals surface area (Å²) in [6.45, 7) is 7.11. The van der Waals surface area contributed by atoms with Crippen molar-refractivity contribution in [3.8, 4) is 17.2 Å². The summed E-state index contributed by atoms with van der Waals surface area (Å²) < 4.78 is 29.2. The van der Waals surface area contributed by atoms with Crippen LogP contribution in [0.25, 0.3) is 6.08 Å². The first kappa shape index (κ1) is 62.9. The molecule has 1 atom stereocenters. The molecule has 1 unspecified atom stereocenters. The van der Waals surface area contributed by atoms with Crippen molar-refractivity contribution in [3.05, 3.63) is 127 Å². The van der Waals surface area contributed by atoms with Crippen LogP contribution in [-0.2, 0) is 24.0 Å². The Morgan fingerprint density at radius 3 is 1.68 bits per heavy atom. The molecule has 0 aliphatic carbocycles. The van der Waals surface area contributed by atoms with Gasteiger partial charge in [0.05, 0.1) is 22.1 Å². The Kier molecular flexibility index (Phi) is 33.3. The maximum absolute atomic E-state index is 13.0. The van der Waals surface area contributed by atoms with Gasteiger partial charge in [0.15, 0.2) is 12.7 Å². The van der Waals surface area contributed by atoms with E-state index in [1.807, 2.05) is 37.3 Å². The molecule has 68 heavy (non-hydrogen) atoms. The van der Waals surface area contributed by atoms with Gasteiger partial charge in [0.2, 0.25) is 0 Å². The number of para-hydroxylation sites is 1. The van der Waals surface area contributed by atoms with Crippen molar-refractivity contribution in [2.24, 2.45) is 5.41 Å². The number of unbranched alkanes of at least 4 members (excludes halogenated alkanes) is 7. The maximum Gasteiger partial charge on any atom is 0.344 e. The van der Waals surface area contributed by atoms with Crippen molar-refractivity contribution in [1.82, 2.24) is 0 Å². The standard InChI is InChI=1S/C17H26O3.C9H6BrFO2.C9H8Cl2O3.C8H6Cl2O3.C6H12O2/c18-17(19)14-10-5-3-1-2-4-6-11-15-20-16-12-8-7-9-13-16;10-7-2-3-8(11)6(5-7)1-4-9(12)13;1-5(9(12)13)14-8-3-2-6(10)4-7(8)11;9-5-1-2-7(6(10)3-5)13-4-8(11)12;1-4-6(2,3)5(7)8/h7-9,12-13H,1-6,10-11,14-15H2,(H,18,19);1-5H,(H,12,13);2-5H,1H3,(H,12,13);1-3H,4H2,(H,11,12);4H2,1-3H3,(H,7,8). The molecule has 0 saturated heterocycles. The van der Waals surface area contributed by atoms with E-state index in [1.54, 1.807) is 32.0 Å². The van der Waals surface area contributed by atoms with E-state index < -0.39 is 53.8 Å². The molecule has 19 heteroatoms. The number of carbonyl (C=O) groups is 5. The third-order valence-corrected chi connectivity index (χ3v) is 10.5. The first-order valence-electron chi connectivity index (χ1n) is 21.1. The lowest BCUT2D eigenvalue weighted by molar-refractivity contribution is -0.147. The summed E-state index contributed by atoms with van der Waals surface area (Å²) in [4.78, 5) is 51.4. The van der Waals surface area contributed by atoms with Gasteiger partial charge in [0, 0.05) is 32.6 Å². The Labute approximate surface area is 424 Å². The second-order valence-corrected chi connectivity index (χ2v) is 17.5. The predicted molar refractivity (Wildman–Crippen MR) is 267 cm³/mol. The van der Waals surface area contributed by atoms with Crippen molar-refractivity contribution in [2.45, 2.75) is 98.0 Å². The van der Waals surface area contributed by atoms with Crippen LogP contribution >= 0.6 is 62.3 Å². The molecular weight excluding hydrogens is 1040 g/mol. The van der Waals surface area contributed by atoms with Crippen LogP contribution in [0, 0.1) is 11.2 Å². The van der Waals surface area contributed by atoms with Gasteiger partial charge in [0.25, 0.3) is 0 Å². The summed E-state index contributed by atoms with van der Waals surface area (Å²) in [6, 6.07) is 23.4. The molecule has 0 aliphatic rings. The molecule has 0 bridgehead atoms. The smallest absolute Gasteiger partial charge is 0.344 e. The molecule has 0 spiro atoms. The number of rotatable bonds is 22. The molecule has 4 aromatic rings. The Bertz CT molecular complexity index is 2180. The van der Waals surface area contributed by atoms with Crippen LogP contribution in [0.4, 0.5) is 4.39 Å². The monoisotopic (exact) mass is 1090 g/mol. The maximum atomic E-state index is 13.0. The predicted octanol–water partition coefficient (Wildman–Crippen LogP) is 14.2. The Hall–Kier alpha value is -5.06. The Morgan fingerprint density at radius 1 is 0.691 bits per heavy atom. The van der Waals surface area contributed by atoms with Crippen molar-refractivity contribution in [2.75, 3.05) is 13.2 Å². The fraction of sp³-hybridized carbons (Fsp3) is 0.367.